The maximum Gasteiger partial charge on any atom is 0.0991 e. The Labute approximate surface area is 126 Å². The van der Waals surface area contributed by atoms with Gasteiger partial charge in [-0.2, -0.15) is 5.26 Å². The second-order valence-electron chi connectivity index (χ2n) is 5.33. The molecule has 0 bridgehead atoms. The van der Waals surface area contributed by atoms with E-state index in [0.29, 0.717) is 11.6 Å². The molecule has 0 fully saturated rings. The van der Waals surface area contributed by atoms with Gasteiger partial charge in [-0.3, -0.25) is 0 Å². The predicted molar refractivity (Wildman–Crippen MR) is 85.7 cm³/mol. The molecule has 0 spiro atoms. The van der Waals surface area contributed by atoms with Crippen molar-refractivity contribution in [1.82, 2.24) is 10.2 Å². The lowest BCUT2D eigenvalue weighted by atomic mass is 10.1. The van der Waals surface area contributed by atoms with Gasteiger partial charge >= 0.3 is 0 Å². The fourth-order valence-corrected chi connectivity index (χ4v) is 2.32. The minimum Gasteiger partial charge on any atom is -0.311 e. The third-order valence-corrected chi connectivity index (χ3v) is 3.56. The smallest absolute Gasteiger partial charge is 0.0991 e. The summed E-state index contributed by atoms with van der Waals surface area (Å²) in [5.74, 6) is 0. The first-order chi connectivity index (χ1) is 10.2. The number of nitrogens with one attached hydrogen (secondary N) is 1. The molecule has 0 heterocycles. The Balaban J connectivity index is 1.92. The van der Waals surface area contributed by atoms with Crippen LogP contribution >= 0.6 is 0 Å². The Morgan fingerprint density at radius 2 is 1.71 bits per heavy atom. The highest BCUT2D eigenvalue weighted by molar-refractivity contribution is 5.31. The van der Waals surface area contributed by atoms with Gasteiger partial charge in [-0.25, -0.2) is 0 Å². The molecule has 0 aromatic heterocycles. The number of hydrogen-bond donors (Lipinski definition) is 1. The third-order valence-electron chi connectivity index (χ3n) is 3.56. The van der Waals surface area contributed by atoms with Crippen molar-refractivity contribution < 1.29 is 0 Å². The Kier molecular flexibility index (Phi) is 5.51. The number of hydrogen-bond acceptors (Lipinski definition) is 3. The van der Waals surface area contributed by atoms with E-state index in [0.717, 1.165) is 13.1 Å². The maximum absolute atomic E-state index is 8.79. The van der Waals surface area contributed by atoms with Gasteiger partial charge < -0.3 is 10.2 Å². The molecule has 1 unspecified atom stereocenters. The van der Waals surface area contributed by atoms with Crippen molar-refractivity contribution in [1.29, 1.82) is 5.26 Å². The van der Waals surface area contributed by atoms with Crippen LogP contribution in [-0.4, -0.2) is 25.5 Å². The highest BCUT2D eigenvalue weighted by atomic mass is 15.1. The molecule has 0 radical (unpaired) electrons. The number of benzene rings is 2. The Morgan fingerprint density at radius 1 is 1.05 bits per heavy atom. The van der Waals surface area contributed by atoms with Gasteiger partial charge in [0.15, 0.2) is 0 Å². The van der Waals surface area contributed by atoms with E-state index < -0.39 is 0 Å². The van der Waals surface area contributed by atoms with E-state index in [1.54, 1.807) is 0 Å². The number of nitriles is 1. The number of likely N-dealkylation sites (N-methyl/N-ethyl adjacent to an activating group) is 1. The Morgan fingerprint density at radius 3 is 2.29 bits per heavy atom. The number of nitrogens with zero attached hydrogens (tertiary/aromatic N) is 2. The van der Waals surface area contributed by atoms with Crippen LogP contribution in [-0.2, 0) is 6.54 Å². The standard InChI is InChI=1S/C18H21N3/c1-21(2)18(17-6-4-3-5-7-17)14-20-13-16-10-8-15(12-19)9-11-16/h3-11,18,20H,13-14H2,1-2H3. The predicted octanol–water partition coefficient (Wildman–Crippen LogP) is 2.95. The quantitative estimate of drug-likeness (QED) is 0.883. The van der Waals surface area contributed by atoms with Crippen molar-refractivity contribution in [2.75, 3.05) is 20.6 Å². The van der Waals surface area contributed by atoms with Crippen molar-refractivity contribution in [3.63, 3.8) is 0 Å². The van der Waals surface area contributed by atoms with Gasteiger partial charge in [-0.1, -0.05) is 42.5 Å². The summed E-state index contributed by atoms with van der Waals surface area (Å²) in [5, 5.41) is 12.3. The lowest BCUT2D eigenvalue weighted by Gasteiger charge is -2.25. The van der Waals surface area contributed by atoms with Gasteiger partial charge in [0.1, 0.15) is 0 Å². The molecule has 2 aromatic rings. The average Bonchev–Trinajstić information content (AvgIpc) is 2.52. The van der Waals surface area contributed by atoms with Crippen LogP contribution in [0, 0.1) is 11.3 Å². The fraction of sp³-hybridized carbons (Fsp3) is 0.278. The van der Waals surface area contributed by atoms with Crippen molar-refractivity contribution in [2.24, 2.45) is 0 Å². The van der Waals surface area contributed by atoms with Crippen LogP contribution in [0.4, 0.5) is 0 Å². The monoisotopic (exact) mass is 279 g/mol. The van der Waals surface area contributed by atoms with Gasteiger partial charge in [-0.05, 0) is 37.4 Å². The SMILES string of the molecule is CN(C)C(CNCc1ccc(C#N)cc1)c1ccccc1. The summed E-state index contributed by atoms with van der Waals surface area (Å²) in [6, 6.07) is 20.7. The molecule has 3 heteroatoms. The zero-order chi connectivity index (χ0) is 15.1. The Bertz CT molecular complexity index is 582. The van der Waals surface area contributed by atoms with Crippen LogP contribution in [0.15, 0.2) is 54.6 Å². The van der Waals surface area contributed by atoms with Crippen LogP contribution < -0.4 is 5.32 Å². The summed E-state index contributed by atoms with van der Waals surface area (Å²) in [4.78, 5) is 2.22. The molecule has 0 aliphatic rings. The third kappa shape index (κ3) is 4.42. The van der Waals surface area contributed by atoms with Gasteiger partial charge in [0, 0.05) is 19.1 Å². The topological polar surface area (TPSA) is 39.1 Å². The first-order valence-electron chi connectivity index (χ1n) is 7.12. The molecule has 1 atom stereocenters. The van der Waals surface area contributed by atoms with Gasteiger partial charge in [-0.15, -0.1) is 0 Å². The summed E-state index contributed by atoms with van der Waals surface area (Å²) < 4.78 is 0. The fourth-order valence-electron chi connectivity index (χ4n) is 2.32. The van der Waals surface area contributed by atoms with Gasteiger partial charge in [0.05, 0.1) is 11.6 Å². The van der Waals surface area contributed by atoms with Crippen molar-refractivity contribution >= 4 is 0 Å². The first kappa shape index (κ1) is 15.2. The molecule has 2 rings (SSSR count). The molecular formula is C18H21N3. The molecule has 21 heavy (non-hydrogen) atoms. The van der Waals surface area contributed by atoms with E-state index in [1.165, 1.54) is 11.1 Å². The first-order valence-corrected chi connectivity index (χ1v) is 7.12. The highest BCUT2D eigenvalue weighted by Gasteiger charge is 2.12. The van der Waals surface area contributed by atoms with E-state index >= 15 is 0 Å². The normalized spacial score (nSPS) is 12.1. The molecular weight excluding hydrogens is 258 g/mol. The van der Waals surface area contributed by atoms with Crippen molar-refractivity contribution in [3.05, 3.63) is 71.3 Å². The highest BCUT2D eigenvalue weighted by Crippen LogP contribution is 2.16. The van der Waals surface area contributed by atoms with E-state index in [2.05, 4.69) is 54.6 Å². The molecule has 0 saturated heterocycles. The second-order valence-corrected chi connectivity index (χ2v) is 5.33. The number of rotatable bonds is 6. The van der Waals surface area contributed by atoms with Gasteiger partial charge in [0.2, 0.25) is 0 Å². The summed E-state index contributed by atoms with van der Waals surface area (Å²) >= 11 is 0. The van der Waals surface area contributed by atoms with Gasteiger partial charge in [0.25, 0.3) is 0 Å². The van der Waals surface area contributed by atoms with E-state index in [4.69, 9.17) is 5.26 Å². The van der Waals surface area contributed by atoms with E-state index in [9.17, 15) is 0 Å². The molecule has 0 aliphatic heterocycles. The molecule has 108 valence electrons. The molecule has 0 aliphatic carbocycles. The molecule has 3 nitrogen and oxygen atoms in total. The van der Waals surface area contributed by atoms with Crippen molar-refractivity contribution in [2.45, 2.75) is 12.6 Å². The van der Waals surface area contributed by atoms with E-state index in [1.807, 2.05) is 30.3 Å². The summed E-state index contributed by atoms with van der Waals surface area (Å²) in [6.07, 6.45) is 0. The van der Waals surface area contributed by atoms with Crippen LogP contribution in [0.3, 0.4) is 0 Å². The van der Waals surface area contributed by atoms with E-state index in [-0.39, 0.29) is 0 Å². The summed E-state index contributed by atoms with van der Waals surface area (Å²) in [5.41, 5.74) is 3.21. The zero-order valence-corrected chi connectivity index (χ0v) is 12.6. The minimum atomic E-state index is 0.351. The lowest BCUT2D eigenvalue weighted by molar-refractivity contribution is 0.288. The van der Waals surface area contributed by atoms with Crippen LogP contribution in [0.1, 0.15) is 22.7 Å². The lowest BCUT2D eigenvalue weighted by Crippen LogP contribution is -2.30. The zero-order valence-electron chi connectivity index (χ0n) is 12.6. The maximum atomic E-state index is 8.79. The molecule has 1 N–H and O–H groups in total. The Hall–Kier alpha value is -2.15. The summed E-state index contributed by atoms with van der Waals surface area (Å²) in [6.45, 7) is 1.69. The van der Waals surface area contributed by atoms with Crippen LogP contribution in [0.5, 0.6) is 0 Å². The summed E-state index contributed by atoms with van der Waals surface area (Å²) in [7, 11) is 4.20. The molecule has 0 amide bonds. The minimum absolute atomic E-state index is 0.351. The van der Waals surface area contributed by atoms with Crippen LogP contribution in [0.2, 0.25) is 0 Å². The second kappa shape index (κ2) is 7.58. The van der Waals surface area contributed by atoms with Crippen LogP contribution in [0.25, 0.3) is 0 Å². The van der Waals surface area contributed by atoms with Crippen molar-refractivity contribution in [3.8, 4) is 6.07 Å². The molecule has 0 saturated carbocycles. The average molecular weight is 279 g/mol. The largest absolute Gasteiger partial charge is 0.311 e. The molecule has 2 aromatic carbocycles.